The molecular formula is C18H26N2O. The third-order valence-electron chi connectivity index (χ3n) is 3.71. The Labute approximate surface area is 128 Å². The molecule has 0 unspecified atom stereocenters. The van der Waals surface area contributed by atoms with Crippen molar-refractivity contribution in [1.82, 2.24) is 10.2 Å². The molecule has 0 radical (unpaired) electrons. The van der Waals surface area contributed by atoms with Gasteiger partial charge in [0.05, 0.1) is 6.54 Å². The van der Waals surface area contributed by atoms with Crippen molar-refractivity contribution in [2.45, 2.75) is 40.4 Å². The van der Waals surface area contributed by atoms with Crippen molar-refractivity contribution >= 4 is 0 Å². The fourth-order valence-electron chi connectivity index (χ4n) is 2.44. The van der Waals surface area contributed by atoms with Crippen LogP contribution >= 0.6 is 0 Å². The minimum atomic E-state index is 0.808. The predicted octanol–water partition coefficient (Wildman–Crippen LogP) is 3.72. The minimum Gasteiger partial charge on any atom is -0.465 e. The molecule has 3 nitrogen and oxygen atoms in total. The third-order valence-corrected chi connectivity index (χ3v) is 3.71. The molecule has 0 aliphatic heterocycles. The number of nitrogens with zero attached hydrogens (tertiary/aromatic N) is 1. The number of nitrogens with one attached hydrogen (secondary N) is 1. The molecule has 1 N–H and O–H groups in total. The molecule has 1 aromatic heterocycles. The van der Waals surface area contributed by atoms with Crippen LogP contribution in [0.3, 0.4) is 0 Å². The van der Waals surface area contributed by atoms with Crippen molar-refractivity contribution in [3.8, 4) is 0 Å². The van der Waals surface area contributed by atoms with Gasteiger partial charge in [-0.2, -0.15) is 0 Å². The van der Waals surface area contributed by atoms with Gasteiger partial charge in [-0.05, 0) is 31.6 Å². The van der Waals surface area contributed by atoms with Gasteiger partial charge in [0.15, 0.2) is 0 Å². The minimum absolute atomic E-state index is 0.808. The Morgan fingerprint density at radius 1 is 1.10 bits per heavy atom. The summed E-state index contributed by atoms with van der Waals surface area (Å²) < 4.78 is 5.82. The average molecular weight is 286 g/mol. The van der Waals surface area contributed by atoms with Crippen LogP contribution in [-0.4, -0.2) is 18.0 Å². The second kappa shape index (κ2) is 8.01. The van der Waals surface area contributed by atoms with E-state index in [-0.39, 0.29) is 0 Å². The highest BCUT2D eigenvalue weighted by Crippen LogP contribution is 2.18. The molecule has 114 valence electrons. The molecule has 0 bridgehead atoms. The maximum Gasteiger partial charge on any atom is 0.118 e. The summed E-state index contributed by atoms with van der Waals surface area (Å²) in [5.41, 5.74) is 2.65. The largest absolute Gasteiger partial charge is 0.465 e. The summed E-state index contributed by atoms with van der Waals surface area (Å²) >= 11 is 0. The van der Waals surface area contributed by atoms with E-state index in [2.05, 4.69) is 67.4 Å². The molecule has 0 atom stereocenters. The van der Waals surface area contributed by atoms with Crippen molar-refractivity contribution in [2.75, 3.05) is 13.1 Å². The lowest BCUT2D eigenvalue weighted by Gasteiger charge is -2.20. The van der Waals surface area contributed by atoms with Gasteiger partial charge in [0, 0.05) is 18.7 Å². The fraction of sp³-hybridized carbons (Fsp3) is 0.444. The van der Waals surface area contributed by atoms with Gasteiger partial charge >= 0.3 is 0 Å². The van der Waals surface area contributed by atoms with Crippen LogP contribution in [0.25, 0.3) is 0 Å². The molecule has 2 rings (SSSR count). The summed E-state index contributed by atoms with van der Waals surface area (Å²) in [6.45, 7) is 11.1. The van der Waals surface area contributed by atoms with Crippen molar-refractivity contribution in [2.24, 2.45) is 0 Å². The van der Waals surface area contributed by atoms with Gasteiger partial charge in [-0.3, -0.25) is 4.90 Å². The van der Waals surface area contributed by atoms with E-state index in [9.17, 15) is 0 Å². The van der Waals surface area contributed by atoms with Crippen LogP contribution in [0.1, 0.15) is 36.5 Å². The van der Waals surface area contributed by atoms with Crippen molar-refractivity contribution in [3.63, 3.8) is 0 Å². The number of benzene rings is 1. The highest BCUT2D eigenvalue weighted by molar-refractivity contribution is 5.21. The van der Waals surface area contributed by atoms with Crippen molar-refractivity contribution in [1.29, 1.82) is 0 Å². The Morgan fingerprint density at radius 2 is 1.86 bits per heavy atom. The summed E-state index contributed by atoms with van der Waals surface area (Å²) in [4.78, 5) is 2.43. The predicted molar refractivity (Wildman–Crippen MR) is 87.1 cm³/mol. The van der Waals surface area contributed by atoms with Crippen LogP contribution in [0.15, 0.2) is 40.8 Å². The van der Waals surface area contributed by atoms with Gasteiger partial charge < -0.3 is 9.73 Å². The molecule has 1 heterocycles. The lowest BCUT2D eigenvalue weighted by atomic mass is 10.2. The fourth-order valence-corrected chi connectivity index (χ4v) is 2.44. The van der Waals surface area contributed by atoms with E-state index in [4.69, 9.17) is 4.42 Å². The van der Waals surface area contributed by atoms with Crippen molar-refractivity contribution in [3.05, 3.63) is 59.0 Å². The van der Waals surface area contributed by atoms with Gasteiger partial charge in [-0.15, -0.1) is 0 Å². The number of hydrogen-bond acceptors (Lipinski definition) is 3. The summed E-state index contributed by atoms with van der Waals surface area (Å²) in [7, 11) is 0. The first kappa shape index (κ1) is 15.8. The first-order chi connectivity index (χ1) is 10.2. The molecule has 0 fully saturated rings. The van der Waals surface area contributed by atoms with Crippen LogP contribution in [0.2, 0.25) is 0 Å². The monoisotopic (exact) mass is 286 g/mol. The SMILES string of the molecule is CCNCc1cc(CN(CC)Cc2ccccc2)c(C)o1. The summed E-state index contributed by atoms with van der Waals surface area (Å²) in [5.74, 6) is 2.06. The topological polar surface area (TPSA) is 28.4 Å². The average Bonchev–Trinajstić information content (AvgIpc) is 2.85. The van der Waals surface area contributed by atoms with Gasteiger partial charge in [-0.25, -0.2) is 0 Å². The molecule has 21 heavy (non-hydrogen) atoms. The molecule has 0 spiro atoms. The van der Waals surface area contributed by atoms with Crippen molar-refractivity contribution < 1.29 is 4.42 Å². The van der Waals surface area contributed by atoms with E-state index in [1.54, 1.807) is 0 Å². The normalized spacial score (nSPS) is 11.2. The molecule has 0 saturated carbocycles. The Morgan fingerprint density at radius 3 is 2.52 bits per heavy atom. The number of aryl methyl sites for hydroxylation is 1. The molecule has 0 saturated heterocycles. The summed E-state index contributed by atoms with van der Waals surface area (Å²) in [5, 5.41) is 3.30. The first-order valence-corrected chi connectivity index (χ1v) is 7.78. The Bertz CT molecular complexity index is 533. The Kier molecular flexibility index (Phi) is 6.03. The second-order valence-electron chi connectivity index (χ2n) is 5.36. The number of furan rings is 1. The first-order valence-electron chi connectivity index (χ1n) is 7.78. The molecule has 1 aromatic carbocycles. The standard InChI is InChI=1S/C18H26N2O/c1-4-19-12-18-11-17(15(3)21-18)14-20(5-2)13-16-9-7-6-8-10-16/h6-11,19H,4-5,12-14H2,1-3H3. The zero-order valence-electron chi connectivity index (χ0n) is 13.4. The van der Waals surface area contributed by atoms with Crippen LogP contribution < -0.4 is 5.32 Å². The van der Waals surface area contributed by atoms with E-state index < -0.39 is 0 Å². The molecule has 0 aliphatic carbocycles. The smallest absolute Gasteiger partial charge is 0.118 e. The van der Waals surface area contributed by atoms with Gasteiger partial charge in [-0.1, -0.05) is 44.2 Å². The second-order valence-corrected chi connectivity index (χ2v) is 5.36. The van der Waals surface area contributed by atoms with Crippen LogP contribution in [0, 0.1) is 6.92 Å². The van der Waals surface area contributed by atoms with Gasteiger partial charge in [0.2, 0.25) is 0 Å². The van der Waals surface area contributed by atoms with Crippen LogP contribution in [-0.2, 0) is 19.6 Å². The van der Waals surface area contributed by atoms with E-state index in [0.29, 0.717) is 0 Å². The molecule has 0 aliphatic rings. The Balaban J connectivity index is 1.99. The highest BCUT2D eigenvalue weighted by Gasteiger charge is 2.11. The van der Waals surface area contributed by atoms with Crippen LogP contribution in [0.5, 0.6) is 0 Å². The van der Waals surface area contributed by atoms with E-state index in [1.165, 1.54) is 11.1 Å². The maximum absolute atomic E-state index is 5.82. The van der Waals surface area contributed by atoms with E-state index in [1.807, 2.05) is 0 Å². The molecule has 3 heteroatoms. The summed E-state index contributed by atoms with van der Waals surface area (Å²) in [6, 6.07) is 12.8. The third kappa shape index (κ3) is 4.73. The highest BCUT2D eigenvalue weighted by atomic mass is 16.3. The zero-order valence-corrected chi connectivity index (χ0v) is 13.4. The molecular weight excluding hydrogens is 260 g/mol. The maximum atomic E-state index is 5.82. The number of hydrogen-bond donors (Lipinski definition) is 1. The molecule has 0 amide bonds. The number of rotatable bonds is 8. The molecule has 2 aromatic rings. The van der Waals surface area contributed by atoms with Crippen LogP contribution in [0.4, 0.5) is 0 Å². The zero-order chi connectivity index (χ0) is 15.1. The Hall–Kier alpha value is -1.58. The van der Waals surface area contributed by atoms with E-state index in [0.717, 1.165) is 44.2 Å². The lowest BCUT2D eigenvalue weighted by molar-refractivity contribution is 0.269. The van der Waals surface area contributed by atoms with Gasteiger partial charge in [0.1, 0.15) is 11.5 Å². The van der Waals surface area contributed by atoms with E-state index >= 15 is 0 Å². The van der Waals surface area contributed by atoms with Gasteiger partial charge in [0.25, 0.3) is 0 Å². The summed E-state index contributed by atoms with van der Waals surface area (Å²) in [6.07, 6.45) is 0. The lowest BCUT2D eigenvalue weighted by Crippen LogP contribution is -2.22. The quantitative estimate of drug-likeness (QED) is 0.801.